The van der Waals surface area contributed by atoms with Crippen LogP contribution >= 0.6 is 0 Å². The van der Waals surface area contributed by atoms with Crippen molar-refractivity contribution in [1.29, 1.82) is 0 Å². The third-order valence-corrected chi connectivity index (χ3v) is 7.10. The molecule has 1 saturated heterocycles. The summed E-state index contributed by atoms with van der Waals surface area (Å²) in [7, 11) is 0. The molecule has 0 bridgehead atoms. The van der Waals surface area contributed by atoms with E-state index in [2.05, 4.69) is 25.9 Å². The fourth-order valence-corrected chi connectivity index (χ4v) is 4.71. The maximum Gasteiger partial charge on any atom is 0.417 e. The molecule has 1 unspecified atom stereocenters. The van der Waals surface area contributed by atoms with Crippen LogP contribution in [0.25, 0.3) is 11.3 Å². The number of hydrogen-bond acceptors (Lipinski definition) is 7. The zero-order chi connectivity index (χ0) is 29.7. The molecule has 5 N–H and O–H groups in total. The molecule has 0 radical (unpaired) electrons. The number of nitrogens with two attached hydrogens (primary N) is 1. The van der Waals surface area contributed by atoms with Gasteiger partial charge in [-0.15, -0.1) is 0 Å². The van der Waals surface area contributed by atoms with Crippen molar-refractivity contribution in [3.8, 4) is 11.3 Å². The lowest BCUT2D eigenvalue weighted by molar-refractivity contribution is -0.137. The topological polar surface area (TPSA) is 118 Å². The Morgan fingerprint density at radius 1 is 1.05 bits per heavy atom. The summed E-state index contributed by atoms with van der Waals surface area (Å²) in [4.78, 5) is 25.8. The standard InChI is InChI=1S/C30H29F4N7O/c31-22-6-8-23(9-7-22)40-29(42)24-13-21(30(32,33)34)16-39-28(24)38-15-18-1-4-20(5-2-18)26-17-37-27(35)25(41-26)10-3-19-11-12-36-14-19/h1-2,4-9,13,16-17,19,36H,3,10-12,14-15H2,(H2,35,37)(H,38,39)(H,40,42). The number of anilines is 3. The van der Waals surface area contributed by atoms with Gasteiger partial charge in [-0.05, 0) is 74.2 Å². The summed E-state index contributed by atoms with van der Waals surface area (Å²) < 4.78 is 53.3. The zero-order valence-electron chi connectivity index (χ0n) is 22.5. The summed E-state index contributed by atoms with van der Waals surface area (Å²) in [6.07, 6.45) is 0.484. The third-order valence-electron chi connectivity index (χ3n) is 7.10. The Kier molecular flexibility index (Phi) is 8.62. The molecule has 0 aliphatic carbocycles. The van der Waals surface area contributed by atoms with E-state index in [4.69, 9.17) is 10.7 Å². The molecular formula is C30H29F4N7O. The Morgan fingerprint density at radius 3 is 2.50 bits per heavy atom. The molecule has 12 heteroatoms. The van der Waals surface area contributed by atoms with Crippen molar-refractivity contribution in [2.24, 2.45) is 5.92 Å². The summed E-state index contributed by atoms with van der Waals surface area (Å²) in [6.45, 7) is 2.22. The van der Waals surface area contributed by atoms with E-state index in [0.717, 1.165) is 67.4 Å². The molecule has 1 aliphatic heterocycles. The molecule has 0 spiro atoms. The maximum atomic E-state index is 13.4. The molecule has 3 heterocycles. The number of nitrogens with zero attached hydrogens (tertiary/aromatic N) is 3. The highest BCUT2D eigenvalue weighted by Crippen LogP contribution is 2.31. The lowest BCUT2D eigenvalue weighted by Gasteiger charge is -2.15. The molecule has 8 nitrogen and oxygen atoms in total. The SMILES string of the molecule is Nc1ncc(-c2ccc(CNc3ncc(C(F)(F)F)cc3C(=O)Nc3ccc(F)cc3)cc2)nc1CCC1CCNC1. The molecule has 4 aromatic rings. The van der Waals surface area contributed by atoms with Crippen LogP contribution in [0.5, 0.6) is 0 Å². The van der Waals surface area contributed by atoms with E-state index < -0.39 is 23.5 Å². The average molecular weight is 580 g/mol. The van der Waals surface area contributed by atoms with Crippen LogP contribution in [-0.4, -0.2) is 33.9 Å². The molecule has 1 aliphatic rings. The molecule has 218 valence electrons. The van der Waals surface area contributed by atoms with E-state index >= 15 is 0 Å². The highest BCUT2D eigenvalue weighted by atomic mass is 19.4. The van der Waals surface area contributed by atoms with Crippen LogP contribution in [0.3, 0.4) is 0 Å². The highest BCUT2D eigenvalue weighted by Gasteiger charge is 2.32. The number of rotatable bonds is 9. The van der Waals surface area contributed by atoms with E-state index in [1.54, 1.807) is 6.20 Å². The van der Waals surface area contributed by atoms with Crippen molar-refractivity contribution in [3.63, 3.8) is 0 Å². The summed E-state index contributed by atoms with van der Waals surface area (Å²) in [5.74, 6) is -0.328. The molecule has 5 rings (SSSR count). The van der Waals surface area contributed by atoms with Crippen LogP contribution in [0.4, 0.5) is 34.9 Å². The number of carbonyl (C=O) groups is 1. The fourth-order valence-electron chi connectivity index (χ4n) is 4.71. The number of aromatic nitrogens is 3. The van der Waals surface area contributed by atoms with Gasteiger partial charge in [0, 0.05) is 24.0 Å². The third kappa shape index (κ3) is 7.19. The number of alkyl halides is 3. The second-order valence-corrected chi connectivity index (χ2v) is 10.1. The normalized spacial score (nSPS) is 15.0. The van der Waals surface area contributed by atoms with Crippen LogP contribution in [0, 0.1) is 11.7 Å². The number of aryl methyl sites for hydroxylation is 1. The zero-order valence-corrected chi connectivity index (χ0v) is 22.5. The lowest BCUT2D eigenvalue weighted by Crippen LogP contribution is -2.18. The first-order valence-corrected chi connectivity index (χ1v) is 13.4. The first-order chi connectivity index (χ1) is 20.2. The van der Waals surface area contributed by atoms with Crippen molar-refractivity contribution in [2.45, 2.75) is 32.0 Å². The van der Waals surface area contributed by atoms with Crippen molar-refractivity contribution >= 4 is 23.2 Å². The predicted octanol–water partition coefficient (Wildman–Crippen LogP) is 5.69. The first-order valence-electron chi connectivity index (χ1n) is 13.4. The van der Waals surface area contributed by atoms with E-state index in [1.165, 1.54) is 12.1 Å². The van der Waals surface area contributed by atoms with Crippen molar-refractivity contribution in [1.82, 2.24) is 20.3 Å². The summed E-state index contributed by atoms with van der Waals surface area (Å²) in [5, 5.41) is 8.80. The number of nitrogen functional groups attached to an aromatic ring is 1. The second-order valence-electron chi connectivity index (χ2n) is 10.1. The Hall–Kier alpha value is -4.58. The summed E-state index contributed by atoms with van der Waals surface area (Å²) in [6, 6.07) is 13.0. The van der Waals surface area contributed by atoms with Gasteiger partial charge in [0.15, 0.2) is 0 Å². The summed E-state index contributed by atoms with van der Waals surface area (Å²) >= 11 is 0. The Bertz CT molecular complexity index is 1540. The van der Waals surface area contributed by atoms with Crippen LogP contribution in [0.1, 0.15) is 40.0 Å². The molecule has 1 atom stereocenters. The Morgan fingerprint density at radius 2 is 1.81 bits per heavy atom. The van der Waals surface area contributed by atoms with E-state index in [-0.39, 0.29) is 23.6 Å². The number of halogens is 4. The Balaban J connectivity index is 1.29. The number of carbonyl (C=O) groups excluding carboxylic acids is 1. The molecule has 42 heavy (non-hydrogen) atoms. The van der Waals surface area contributed by atoms with Gasteiger partial charge in [0.1, 0.15) is 17.5 Å². The molecule has 2 aromatic carbocycles. The van der Waals surface area contributed by atoms with E-state index in [9.17, 15) is 22.4 Å². The van der Waals surface area contributed by atoms with Gasteiger partial charge in [-0.2, -0.15) is 13.2 Å². The number of benzene rings is 2. The van der Waals surface area contributed by atoms with Gasteiger partial charge in [-0.25, -0.2) is 19.3 Å². The number of nitrogens with one attached hydrogen (secondary N) is 3. The van der Waals surface area contributed by atoms with Gasteiger partial charge in [-0.1, -0.05) is 24.3 Å². The minimum Gasteiger partial charge on any atom is -0.382 e. The monoisotopic (exact) mass is 579 g/mol. The van der Waals surface area contributed by atoms with Gasteiger partial charge in [0.2, 0.25) is 0 Å². The predicted molar refractivity (Wildman–Crippen MR) is 152 cm³/mol. The van der Waals surface area contributed by atoms with Gasteiger partial charge in [0.05, 0.1) is 28.7 Å². The van der Waals surface area contributed by atoms with E-state index in [1.807, 2.05) is 24.3 Å². The van der Waals surface area contributed by atoms with Gasteiger partial charge < -0.3 is 21.7 Å². The quantitative estimate of drug-likeness (QED) is 0.188. The molecule has 1 fully saturated rings. The second kappa shape index (κ2) is 12.5. The first kappa shape index (κ1) is 28.9. The Labute approximate surface area is 239 Å². The van der Waals surface area contributed by atoms with Gasteiger partial charge in [-0.3, -0.25) is 4.79 Å². The van der Waals surface area contributed by atoms with Crippen LogP contribution in [-0.2, 0) is 19.1 Å². The van der Waals surface area contributed by atoms with Gasteiger partial charge >= 0.3 is 6.18 Å². The highest BCUT2D eigenvalue weighted by molar-refractivity contribution is 6.07. The van der Waals surface area contributed by atoms with Gasteiger partial charge in [0.25, 0.3) is 5.91 Å². The summed E-state index contributed by atoms with van der Waals surface area (Å²) in [5.41, 5.74) is 8.02. The maximum absolute atomic E-state index is 13.4. The van der Waals surface area contributed by atoms with E-state index in [0.29, 0.717) is 23.6 Å². The van der Waals surface area contributed by atoms with Crippen molar-refractivity contribution in [3.05, 3.63) is 95.2 Å². The number of pyridine rings is 1. The molecule has 2 aromatic heterocycles. The largest absolute Gasteiger partial charge is 0.417 e. The van der Waals surface area contributed by atoms with Crippen molar-refractivity contribution < 1.29 is 22.4 Å². The molecular weight excluding hydrogens is 550 g/mol. The molecule has 0 saturated carbocycles. The number of hydrogen-bond donors (Lipinski definition) is 4. The van der Waals surface area contributed by atoms with Crippen LogP contribution < -0.4 is 21.7 Å². The van der Waals surface area contributed by atoms with Crippen LogP contribution in [0.2, 0.25) is 0 Å². The minimum absolute atomic E-state index is 0.0295. The average Bonchev–Trinajstić information content (AvgIpc) is 3.50. The number of amides is 1. The smallest absolute Gasteiger partial charge is 0.382 e. The van der Waals surface area contributed by atoms with Crippen LogP contribution in [0.15, 0.2) is 67.0 Å². The molecule has 1 amide bonds. The fraction of sp³-hybridized carbons (Fsp3) is 0.267. The van der Waals surface area contributed by atoms with Crippen molar-refractivity contribution in [2.75, 3.05) is 29.5 Å². The lowest BCUT2D eigenvalue weighted by atomic mass is 10.0. The minimum atomic E-state index is -4.69.